The van der Waals surface area contributed by atoms with E-state index in [0.717, 1.165) is 24.0 Å². The molecule has 1 heterocycles. The highest BCUT2D eigenvalue weighted by Gasteiger charge is 2.50. The highest BCUT2D eigenvalue weighted by Crippen LogP contribution is 2.40. The molecule has 2 aromatic rings. The molecule has 22 heavy (non-hydrogen) atoms. The van der Waals surface area contributed by atoms with Gasteiger partial charge in [0.1, 0.15) is 4.75 Å². The zero-order valence-corrected chi connectivity index (χ0v) is 13.9. The summed E-state index contributed by atoms with van der Waals surface area (Å²) in [7, 11) is -3.28. The predicted molar refractivity (Wildman–Crippen MR) is 83.3 cm³/mol. The molecule has 118 valence electrons. The molecule has 6 heteroatoms. The summed E-state index contributed by atoms with van der Waals surface area (Å²) in [6, 6.07) is 7.98. The first-order valence-electron chi connectivity index (χ1n) is 7.43. The van der Waals surface area contributed by atoms with Crippen LogP contribution >= 0.6 is 0 Å². The summed E-state index contributed by atoms with van der Waals surface area (Å²) >= 11 is 0. The van der Waals surface area contributed by atoms with E-state index < -0.39 is 14.6 Å². The zero-order chi connectivity index (χ0) is 16.0. The van der Waals surface area contributed by atoms with Gasteiger partial charge in [0.05, 0.1) is 5.25 Å². The molecule has 0 bridgehead atoms. The second-order valence-corrected chi connectivity index (χ2v) is 9.15. The van der Waals surface area contributed by atoms with Gasteiger partial charge in [-0.1, -0.05) is 29.4 Å². The number of rotatable bonds is 5. The van der Waals surface area contributed by atoms with Crippen LogP contribution in [0.2, 0.25) is 0 Å². The molecule has 1 aliphatic carbocycles. The maximum absolute atomic E-state index is 12.5. The Bertz CT molecular complexity index is 789. The lowest BCUT2D eigenvalue weighted by atomic mass is 10.1. The van der Waals surface area contributed by atoms with E-state index in [1.165, 1.54) is 0 Å². The standard InChI is InChI=1S/C16H20N2O3S/c1-11-6-4-5-7-12(11)10-14-17-15(21-18-14)16(2,3)22(19,20)13-8-9-13/h4-7,13H,8-10H2,1-3H3. The van der Waals surface area contributed by atoms with Crippen molar-refractivity contribution in [1.29, 1.82) is 0 Å². The van der Waals surface area contributed by atoms with Crippen LogP contribution < -0.4 is 0 Å². The van der Waals surface area contributed by atoms with Gasteiger partial charge in [0.2, 0.25) is 5.89 Å². The van der Waals surface area contributed by atoms with Crippen LogP contribution in [0.15, 0.2) is 28.8 Å². The molecule has 3 rings (SSSR count). The maximum atomic E-state index is 12.5. The number of benzene rings is 1. The van der Waals surface area contributed by atoms with Crippen molar-refractivity contribution in [1.82, 2.24) is 10.1 Å². The predicted octanol–water partition coefficient (Wildman–Crippen LogP) is 2.78. The summed E-state index contributed by atoms with van der Waals surface area (Å²) in [5.41, 5.74) is 2.26. The van der Waals surface area contributed by atoms with E-state index in [9.17, 15) is 8.42 Å². The Morgan fingerprint density at radius 3 is 2.59 bits per heavy atom. The van der Waals surface area contributed by atoms with E-state index in [1.807, 2.05) is 31.2 Å². The SMILES string of the molecule is Cc1ccccc1Cc1noc(C(C)(C)S(=O)(=O)C2CC2)n1. The van der Waals surface area contributed by atoms with E-state index in [1.54, 1.807) is 13.8 Å². The van der Waals surface area contributed by atoms with E-state index in [2.05, 4.69) is 10.1 Å². The van der Waals surface area contributed by atoms with Crippen molar-refractivity contribution in [3.05, 3.63) is 47.1 Å². The topological polar surface area (TPSA) is 73.1 Å². The summed E-state index contributed by atoms with van der Waals surface area (Å²) in [5.74, 6) is 0.700. The van der Waals surface area contributed by atoms with Crippen LogP contribution in [0.4, 0.5) is 0 Å². The molecule has 0 radical (unpaired) electrons. The molecule has 1 fully saturated rings. The van der Waals surface area contributed by atoms with Crippen molar-refractivity contribution in [2.24, 2.45) is 0 Å². The van der Waals surface area contributed by atoms with Gasteiger partial charge in [0.25, 0.3) is 0 Å². The quantitative estimate of drug-likeness (QED) is 0.847. The number of aryl methyl sites for hydroxylation is 1. The van der Waals surface area contributed by atoms with Crippen molar-refractivity contribution in [2.45, 2.75) is 50.0 Å². The first kappa shape index (κ1) is 15.2. The summed E-state index contributed by atoms with van der Waals surface area (Å²) in [4.78, 5) is 4.34. The first-order valence-corrected chi connectivity index (χ1v) is 8.98. The fraction of sp³-hybridized carbons (Fsp3) is 0.500. The molecule has 1 aromatic carbocycles. The highest BCUT2D eigenvalue weighted by molar-refractivity contribution is 7.93. The molecule has 0 spiro atoms. The number of sulfone groups is 1. The Balaban J connectivity index is 1.86. The number of aromatic nitrogens is 2. The van der Waals surface area contributed by atoms with Crippen LogP contribution in [0.3, 0.4) is 0 Å². The van der Waals surface area contributed by atoms with Crippen LogP contribution in [-0.2, 0) is 21.0 Å². The lowest BCUT2D eigenvalue weighted by Gasteiger charge is -2.19. The number of nitrogens with zero attached hydrogens (tertiary/aromatic N) is 2. The lowest BCUT2D eigenvalue weighted by Crippen LogP contribution is -2.32. The average Bonchev–Trinajstić information content (AvgIpc) is 3.22. The largest absolute Gasteiger partial charge is 0.338 e. The molecule has 0 aliphatic heterocycles. The van der Waals surface area contributed by atoms with Crippen molar-refractivity contribution >= 4 is 9.84 Å². The Hall–Kier alpha value is -1.69. The fourth-order valence-electron chi connectivity index (χ4n) is 2.47. The van der Waals surface area contributed by atoms with Crippen LogP contribution in [0, 0.1) is 6.92 Å². The smallest absolute Gasteiger partial charge is 0.247 e. The van der Waals surface area contributed by atoms with Gasteiger partial charge in [-0.25, -0.2) is 8.42 Å². The van der Waals surface area contributed by atoms with Gasteiger partial charge in [-0.05, 0) is 44.7 Å². The van der Waals surface area contributed by atoms with Crippen molar-refractivity contribution in [2.75, 3.05) is 0 Å². The highest BCUT2D eigenvalue weighted by atomic mass is 32.2. The van der Waals surface area contributed by atoms with E-state index in [-0.39, 0.29) is 11.1 Å². The second-order valence-electron chi connectivity index (χ2n) is 6.37. The van der Waals surface area contributed by atoms with Gasteiger partial charge in [-0.15, -0.1) is 0 Å². The maximum Gasteiger partial charge on any atom is 0.247 e. The third kappa shape index (κ3) is 2.56. The van der Waals surface area contributed by atoms with Crippen molar-refractivity contribution in [3.63, 3.8) is 0 Å². The summed E-state index contributed by atoms with van der Waals surface area (Å²) in [5, 5.41) is 3.71. The molecule has 1 aliphatic rings. The summed E-state index contributed by atoms with van der Waals surface area (Å²) in [6.45, 7) is 5.31. The molecule has 0 saturated heterocycles. The van der Waals surface area contributed by atoms with Crippen molar-refractivity contribution < 1.29 is 12.9 Å². The molecule has 1 aromatic heterocycles. The molecule has 5 nitrogen and oxygen atoms in total. The molecular weight excluding hydrogens is 300 g/mol. The monoisotopic (exact) mass is 320 g/mol. The zero-order valence-electron chi connectivity index (χ0n) is 13.0. The van der Waals surface area contributed by atoms with Gasteiger partial charge in [0, 0.05) is 6.42 Å². The molecular formula is C16H20N2O3S. The van der Waals surface area contributed by atoms with Gasteiger partial charge in [-0.3, -0.25) is 0 Å². The van der Waals surface area contributed by atoms with Crippen LogP contribution in [0.25, 0.3) is 0 Å². The minimum absolute atomic E-state index is 0.183. The minimum Gasteiger partial charge on any atom is -0.338 e. The first-order chi connectivity index (χ1) is 10.3. The summed E-state index contributed by atoms with van der Waals surface area (Å²) in [6.07, 6.45) is 2.00. The van der Waals surface area contributed by atoms with E-state index >= 15 is 0 Å². The molecule has 0 unspecified atom stereocenters. The van der Waals surface area contributed by atoms with Gasteiger partial charge < -0.3 is 4.52 Å². The number of hydrogen-bond donors (Lipinski definition) is 0. The van der Waals surface area contributed by atoms with E-state index in [0.29, 0.717) is 12.2 Å². The molecule has 1 saturated carbocycles. The average molecular weight is 320 g/mol. The molecule has 0 N–H and O–H groups in total. The minimum atomic E-state index is -3.28. The van der Waals surface area contributed by atoms with Gasteiger partial charge >= 0.3 is 0 Å². The Morgan fingerprint density at radius 1 is 1.27 bits per heavy atom. The van der Waals surface area contributed by atoms with Crippen LogP contribution in [-0.4, -0.2) is 23.8 Å². The van der Waals surface area contributed by atoms with Crippen LogP contribution in [0.1, 0.15) is 49.5 Å². The Kier molecular flexibility index (Phi) is 3.59. The van der Waals surface area contributed by atoms with E-state index in [4.69, 9.17) is 4.52 Å². The second kappa shape index (κ2) is 5.19. The summed E-state index contributed by atoms with van der Waals surface area (Å²) < 4.78 is 29.1. The Morgan fingerprint density at radius 2 is 1.95 bits per heavy atom. The lowest BCUT2D eigenvalue weighted by molar-refractivity contribution is 0.343. The Labute approximate surface area is 130 Å². The van der Waals surface area contributed by atoms with Gasteiger partial charge in [0.15, 0.2) is 15.7 Å². The van der Waals surface area contributed by atoms with Gasteiger partial charge in [-0.2, -0.15) is 4.98 Å². The van der Waals surface area contributed by atoms with Crippen molar-refractivity contribution in [3.8, 4) is 0 Å². The third-order valence-electron chi connectivity index (χ3n) is 4.27. The fourth-order valence-corrected chi connectivity index (χ4v) is 4.38. The molecule has 0 amide bonds. The number of hydrogen-bond acceptors (Lipinski definition) is 5. The third-order valence-corrected chi connectivity index (χ3v) is 7.21. The normalized spacial score (nSPS) is 16.0. The van der Waals surface area contributed by atoms with Crippen LogP contribution in [0.5, 0.6) is 0 Å². The molecule has 0 atom stereocenters.